The second-order valence-electron chi connectivity index (χ2n) is 5.82. The number of methoxy groups -OCH3 is 1. The Balaban J connectivity index is 2.04. The van der Waals surface area contributed by atoms with Gasteiger partial charge in [-0.3, -0.25) is 9.52 Å². The Bertz CT molecular complexity index is 990. The number of halogens is 1. The van der Waals surface area contributed by atoms with Gasteiger partial charge in [-0.2, -0.15) is 0 Å². The zero-order valence-electron chi connectivity index (χ0n) is 15.7. The maximum absolute atomic E-state index is 13.7. The highest BCUT2D eigenvalue weighted by Gasteiger charge is 2.12. The lowest BCUT2D eigenvalue weighted by Crippen LogP contribution is -2.20. The van der Waals surface area contributed by atoms with E-state index < -0.39 is 21.7 Å². The highest BCUT2D eigenvalue weighted by molar-refractivity contribution is 7.92. The van der Waals surface area contributed by atoms with E-state index in [1.807, 2.05) is 29.9 Å². The van der Waals surface area contributed by atoms with Gasteiger partial charge in [0.1, 0.15) is 5.82 Å². The molecule has 0 saturated carbocycles. The summed E-state index contributed by atoms with van der Waals surface area (Å²) in [5.41, 5.74) is 0.882. The fourth-order valence-electron chi connectivity index (χ4n) is 2.32. The summed E-state index contributed by atoms with van der Waals surface area (Å²) in [5, 5.41) is 2.52. The van der Waals surface area contributed by atoms with Crippen molar-refractivity contribution in [3.05, 3.63) is 53.9 Å². The Morgan fingerprint density at radius 2 is 1.93 bits per heavy atom. The largest absolute Gasteiger partial charge is 0.493 e. The number of sulfonamides is 1. The third-order valence-corrected chi connectivity index (χ3v) is 4.04. The summed E-state index contributed by atoms with van der Waals surface area (Å²) in [7, 11) is -2.16. The summed E-state index contributed by atoms with van der Waals surface area (Å²) < 4.78 is 49.0. The minimum atomic E-state index is -3.65. The summed E-state index contributed by atoms with van der Waals surface area (Å²) in [4.78, 5) is 12.1. The van der Waals surface area contributed by atoms with Gasteiger partial charge in [-0.15, -0.1) is 0 Å². The number of allylic oxidation sites excluding steroid dienone is 1. The Labute approximate surface area is 163 Å². The molecular formula is C19H21FN2O5S. The Kier molecular flexibility index (Phi) is 7.00. The van der Waals surface area contributed by atoms with Crippen LogP contribution in [-0.2, 0) is 14.8 Å². The fraction of sp³-hybridized carbons (Fsp3) is 0.211. The van der Waals surface area contributed by atoms with E-state index in [0.29, 0.717) is 11.5 Å². The van der Waals surface area contributed by atoms with Crippen molar-refractivity contribution in [3.8, 4) is 11.5 Å². The molecule has 0 heterocycles. The normalized spacial score (nSPS) is 11.3. The minimum absolute atomic E-state index is 0.219. The molecule has 0 aromatic heterocycles. The van der Waals surface area contributed by atoms with Gasteiger partial charge in [0.25, 0.3) is 5.91 Å². The molecule has 0 saturated heterocycles. The molecule has 9 heteroatoms. The monoisotopic (exact) mass is 408 g/mol. The lowest BCUT2D eigenvalue weighted by atomic mass is 10.2. The smallest absolute Gasteiger partial charge is 0.262 e. The number of rotatable bonds is 8. The first kappa shape index (κ1) is 21.2. The van der Waals surface area contributed by atoms with Crippen LogP contribution >= 0.6 is 0 Å². The van der Waals surface area contributed by atoms with Crippen molar-refractivity contribution in [2.24, 2.45) is 0 Å². The molecule has 0 aliphatic carbocycles. The predicted molar refractivity (Wildman–Crippen MR) is 107 cm³/mol. The van der Waals surface area contributed by atoms with Crippen molar-refractivity contribution in [1.29, 1.82) is 0 Å². The molecule has 0 fully saturated rings. The van der Waals surface area contributed by atoms with Crippen LogP contribution in [0.4, 0.5) is 15.8 Å². The molecule has 0 spiro atoms. The van der Waals surface area contributed by atoms with Crippen LogP contribution in [0.2, 0.25) is 0 Å². The van der Waals surface area contributed by atoms with E-state index in [4.69, 9.17) is 9.47 Å². The lowest BCUT2D eigenvalue weighted by Gasteiger charge is -2.12. The molecule has 0 aliphatic heterocycles. The van der Waals surface area contributed by atoms with Crippen molar-refractivity contribution in [2.45, 2.75) is 6.92 Å². The fourth-order valence-corrected chi connectivity index (χ4v) is 2.88. The van der Waals surface area contributed by atoms with E-state index >= 15 is 0 Å². The standard InChI is InChI=1S/C19H21FN2O5S/c1-4-5-13-6-9-17(18(10-13)26-2)27-12-19(23)21-14-7-8-15(20)16(11-14)22-28(3,24)25/h4-11,22H,12H2,1-3H3,(H,21,23). The van der Waals surface area contributed by atoms with E-state index in [2.05, 4.69) is 5.32 Å². The molecule has 1 amide bonds. The number of hydrogen-bond donors (Lipinski definition) is 2. The van der Waals surface area contributed by atoms with Crippen LogP contribution in [0.3, 0.4) is 0 Å². The van der Waals surface area contributed by atoms with E-state index in [1.54, 1.807) is 12.1 Å². The molecule has 150 valence electrons. The van der Waals surface area contributed by atoms with Crippen LogP contribution in [0.1, 0.15) is 12.5 Å². The summed E-state index contributed by atoms with van der Waals surface area (Å²) >= 11 is 0. The maximum atomic E-state index is 13.7. The van der Waals surface area contributed by atoms with Gasteiger partial charge in [-0.05, 0) is 42.8 Å². The summed E-state index contributed by atoms with van der Waals surface area (Å²) in [6.45, 7) is 1.58. The number of benzene rings is 2. The van der Waals surface area contributed by atoms with Gasteiger partial charge in [-0.25, -0.2) is 12.8 Å². The van der Waals surface area contributed by atoms with Gasteiger partial charge >= 0.3 is 0 Å². The molecule has 7 nitrogen and oxygen atoms in total. The van der Waals surface area contributed by atoms with Gasteiger partial charge in [0, 0.05) is 5.69 Å². The van der Waals surface area contributed by atoms with Crippen molar-refractivity contribution < 1.29 is 27.1 Å². The van der Waals surface area contributed by atoms with E-state index in [0.717, 1.165) is 17.9 Å². The van der Waals surface area contributed by atoms with Gasteiger partial charge in [-0.1, -0.05) is 18.2 Å². The molecule has 2 N–H and O–H groups in total. The topological polar surface area (TPSA) is 93.7 Å². The molecule has 28 heavy (non-hydrogen) atoms. The molecule has 0 radical (unpaired) electrons. The molecular weight excluding hydrogens is 387 g/mol. The molecule has 0 bridgehead atoms. The van der Waals surface area contributed by atoms with E-state index in [1.165, 1.54) is 19.2 Å². The molecule has 2 aromatic carbocycles. The number of amides is 1. The average molecular weight is 408 g/mol. The second-order valence-corrected chi connectivity index (χ2v) is 7.56. The highest BCUT2D eigenvalue weighted by atomic mass is 32.2. The number of carbonyl (C=O) groups is 1. The van der Waals surface area contributed by atoms with Gasteiger partial charge in [0.2, 0.25) is 10.0 Å². The van der Waals surface area contributed by atoms with Crippen molar-refractivity contribution in [1.82, 2.24) is 0 Å². The molecule has 0 aliphatic rings. The minimum Gasteiger partial charge on any atom is -0.493 e. The van der Waals surface area contributed by atoms with Crippen LogP contribution < -0.4 is 19.5 Å². The second kappa shape index (κ2) is 9.23. The molecule has 2 aromatic rings. The first-order valence-corrected chi connectivity index (χ1v) is 10.1. The third-order valence-electron chi connectivity index (χ3n) is 3.45. The number of ether oxygens (including phenoxy) is 2. The zero-order chi connectivity index (χ0) is 20.7. The highest BCUT2D eigenvalue weighted by Crippen LogP contribution is 2.28. The summed E-state index contributed by atoms with van der Waals surface area (Å²) in [5.74, 6) is -0.392. The molecule has 2 rings (SSSR count). The first-order valence-electron chi connectivity index (χ1n) is 8.22. The van der Waals surface area contributed by atoms with Crippen molar-refractivity contribution in [3.63, 3.8) is 0 Å². The predicted octanol–water partition coefficient (Wildman–Crippen LogP) is 3.26. The van der Waals surface area contributed by atoms with Crippen molar-refractivity contribution in [2.75, 3.05) is 30.0 Å². The lowest BCUT2D eigenvalue weighted by molar-refractivity contribution is -0.118. The van der Waals surface area contributed by atoms with Crippen LogP contribution in [0, 0.1) is 5.82 Å². The van der Waals surface area contributed by atoms with Gasteiger partial charge < -0.3 is 14.8 Å². The van der Waals surface area contributed by atoms with Crippen LogP contribution in [0.15, 0.2) is 42.5 Å². The number of nitrogens with one attached hydrogen (secondary N) is 2. The molecule has 0 atom stereocenters. The average Bonchev–Trinajstić information content (AvgIpc) is 2.62. The zero-order valence-corrected chi connectivity index (χ0v) is 16.5. The first-order chi connectivity index (χ1) is 13.2. The van der Waals surface area contributed by atoms with E-state index in [9.17, 15) is 17.6 Å². The van der Waals surface area contributed by atoms with Crippen LogP contribution in [0.25, 0.3) is 6.08 Å². The Hall–Kier alpha value is -3.07. The Morgan fingerprint density at radius 3 is 2.57 bits per heavy atom. The Morgan fingerprint density at radius 1 is 1.18 bits per heavy atom. The van der Waals surface area contributed by atoms with Gasteiger partial charge in [0.15, 0.2) is 18.1 Å². The number of hydrogen-bond acceptors (Lipinski definition) is 5. The number of anilines is 2. The third kappa shape index (κ3) is 6.27. The number of carbonyl (C=O) groups excluding carboxylic acids is 1. The summed E-state index contributed by atoms with van der Waals surface area (Å²) in [6, 6.07) is 8.82. The maximum Gasteiger partial charge on any atom is 0.262 e. The quantitative estimate of drug-likeness (QED) is 0.699. The van der Waals surface area contributed by atoms with Crippen LogP contribution in [-0.4, -0.2) is 34.3 Å². The van der Waals surface area contributed by atoms with Crippen LogP contribution in [0.5, 0.6) is 11.5 Å². The molecule has 0 unspecified atom stereocenters. The van der Waals surface area contributed by atoms with Gasteiger partial charge in [0.05, 0.1) is 19.1 Å². The van der Waals surface area contributed by atoms with Crippen molar-refractivity contribution >= 4 is 33.4 Å². The SMILES string of the molecule is CC=Cc1ccc(OCC(=O)Nc2ccc(F)c(NS(C)(=O)=O)c2)c(OC)c1. The summed E-state index contributed by atoms with van der Waals surface area (Å²) in [6.07, 6.45) is 4.69. The van der Waals surface area contributed by atoms with E-state index in [-0.39, 0.29) is 18.0 Å².